The van der Waals surface area contributed by atoms with E-state index in [1.807, 2.05) is 0 Å². The summed E-state index contributed by atoms with van der Waals surface area (Å²) in [5.74, 6) is -1.85. The number of aromatic nitrogens is 1. The Bertz CT molecular complexity index is 1060. The van der Waals surface area contributed by atoms with Gasteiger partial charge in [0, 0.05) is 36.9 Å². The number of rotatable bonds is 4. The number of halogens is 2. The number of nitrogens with two attached hydrogens (primary N) is 1. The molecule has 0 spiro atoms. The van der Waals surface area contributed by atoms with E-state index in [4.69, 9.17) is 17.3 Å². The Hall–Kier alpha value is -3.04. The van der Waals surface area contributed by atoms with Gasteiger partial charge in [0.25, 0.3) is 17.7 Å². The highest BCUT2D eigenvalue weighted by Crippen LogP contribution is 2.24. The first-order valence-corrected chi connectivity index (χ1v) is 11.8. The first-order valence-electron chi connectivity index (χ1n) is 11.4. The minimum atomic E-state index is -1.18. The smallest absolute Gasteiger partial charge is 0.264 e. The molecule has 34 heavy (non-hydrogen) atoms. The molecule has 1 aromatic carbocycles. The SMILES string of the molecule is NC1CCC(NC(=O)C2N(C(=O)c3ccc(F)cc3)CCCN2C(=O)c2cccnc2Cl)CC1. The highest BCUT2D eigenvalue weighted by Gasteiger charge is 2.42. The Kier molecular flexibility index (Phi) is 7.43. The summed E-state index contributed by atoms with van der Waals surface area (Å²) < 4.78 is 13.4. The number of carbonyl (C=O) groups excluding carboxylic acids is 3. The Balaban J connectivity index is 1.64. The maximum Gasteiger partial charge on any atom is 0.264 e. The molecule has 2 fully saturated rings. The summed E-state index contributed by atoms with van der Waals surface area (Å²) in [6, 6.07) is 8.27. The first kappa shape index (κ1) is 24.1. The zero-order valence-corrected chi connectivity index (χ0v) is 19.4. The predicted octanol–water partition coefficient (Wildman–Crippen LogP) is 2.57. The maximum atomic E-state index is 13.5. The van der Waals surface area contributed by atoms with Crippen LogP contribution in [0.15, 0.2) is 42.6 Å². The number of amides is 3. The van der Waals surface area contributed by atoms with Crippen LogP contribution >= 0.6 is 11.6 Å². The number of nitrogens with zero attached hydrogens (tertiary/aromatic N) is 3. The number of hydrogen-bond donors (Lipinski definition) is 2. The van der Waals surface area contributed by atoms with Crippen LogP contribution in [0.25, 0.3) is 0 Å². The van der Waals surface area contributed by atoms with E-state index in [1.54, 1.807) is 6.07 Å². The van der Waals surface area contributed by atoms with E-state index < -0.39 is 29.7 Å². The average molecular weight is 488 g/mol. The number of hydrogen-bond acceptors (Lipinski definition) is 5. The van der Waals surface area contributed by atoms with Gasteiger partial charge in [-0.1, -0.05) is 11.6 Å². The van der Waals surface area contributed by atoms with Crippen molar-refractivity contribution in [3.63, 3.8) is 0 Å². The largest absolute Gasteiger partial charge is 0.350 e. The van der Waals surface area contributed by atoms with Gasteiger partial charge >= 0.3 is 0 Å². The molecule has 1 unspecified atom stereocenters. The van der Waals surface area contributed by atoms with Gasteiger partial charge in [0.2, 0.25) is 0 Å². The Morgan fingerprint density at radius 1 is 1.00 bits per heavy atom. The van der Waals surface area contributed by atoms with Gasteiger partial charge in [0.15, 0.2) is 6.17 Å². The molecule has 1 aliphatic heterocycles. The molecule has 2 aliphatic rings. The van der Waals surface area contributed by atoms with Gasteiger partial charge in [0.1, 0.15) is 11.0 Å². The minimum Gasteiger partial charge on any atom is -0.350 e. The summed E-state index contributed by atoms with van der Waals surface area (Å²) in [7, 11) is 0. The van der Waals surface area contributed by atoms with Gasteiger partial charge < -0.3 is 20.9 Å². The zero-order valence-electron chi connectivity index (χ0n) is 18.6. The molecule has 1 saturated heterocycles. The quantitative estimate of drug-likeness (QED) is 0.644. The highest BCUT2D eigenvalue weighted by molar-refractivity contribution is 6.32. The highest BCUT2D eigenvalue weighted by atomic mass is 35.5. The molecule has 8 nitrogen and oxygen atoms in total. The van der Waals surface area contributed by atoms with Crippen LogP contribution < -0.4 is 11.1 Å². The van der Waals surface area contributed by atoms with Gasteiger partial charge in [-0.05, 0) is 68.5 Å². The van der Waals surface area contributed by atoms with Crippen molar-refractivity contribution >= 4 is 29.3 Å². The Labute approximate surface area is 202 Å². The molecule has 180 valence electrons. The lowest BCUT2D eigenvalue weighted by Crippen LogP contribution is -2.64. The second-order valence-electron chi connectivity index (χ2n) is 8.69. The van der Waals surface area contributed by atoms with Crippen LogP contribution in [-0.4, -0.2) is 63.8 Å². The zero-order chi connectivity index (χ0) is 24.2. The molecule has 3 amide bonds. The lowest BCUT2D eigenvalue weighted by atomic mass is 9.91. The molecule has 1 atom stereocenters. The number of nitrogens with one attached hydrogen (secondary N) is 1. The van der Waals surface area contributed by atoms with Gasteiger partial charge in [-0.3, -0.25) is 14.4 Å². The Morgan fingerprint density at radius 2 is 1.65 bits per heavy atom. The second kappa shape index (κ2) is 10.5. The molecule has 1 aromatic heterocycles. The molecular weight excluding hydrogens is 461 g/mol. The number of pyridine rings is 1. The molecule has 10 heteroatoms. The van der Waals surface area contributed by atoms with Crippen molar-refractivity contribution in [3.8, 4) is 0 Å². The fraction of sp³-hybridized carbons (Fsp3) is 0.417. The molecule has 3 N–H and O–H groups in total. The van der Waals surface area contributed by atoms with Crippen molar-refractivity contribution in [2.45, 2.75) is 50.4 Å². The molecule has 2 heterocycles. The minimum absolute atomic E-state index is 0.0231. The van der Waals surface area contributed by atoms with Gasteiger partial charge in [-0.15, -0.1) is 0 Å². The topological polar surface area (TPSA) is 109 Å². The third-order valence-corrected chi connectivity index (χ3v) is 6.64. The molecule has 0 bridgehead atoms. The fourth-order valence-corrected chi connectivity index (χ4v) is 4.73. The summed E-state index contributed by atoms with van der Waals surface area (Å²) >= 11 is 6.16. The normalized spacial score (nSPS) is 22.9. The van der Waals surface area contributed by atoms with Crippen molar-refractivity contribution in [1.82, 2.24) is 20.1 Å². The molecule has 1 saturated carbocycles. The van der Waals surface area contributed by atoms with Crippen molar-refractivity contribution in [3.05, 3.63) is 64.7 Å². The third kappa shape index (κ3) is 5.20. The van der Waals surface area contributed by atoms with E-state index in [9.17, 15) is 18.8 Å². The molecule has 1 aliphatic carbocycles. The van der Waals surface area contributed by atoms with Crippen LogP contribution in [0.4, 0.5) is 4.39 Å². The predicted molar refractivity (Wildman–Crippen MR) is 124 cm³/mol. The number of benzene rings is 1. The van der Waals surface area contributed by atoms with Crippen molar-refractivity contribution < 1.29 is 18.8 Å². The van der Waals surface area contributed by atoms with Gasteiger partial charge in [-0.2, -0.15) is 0 Å². The maximum absolute atomic E-state index is 13.5. The van der Waals surface area contributed by atoms with Gasteiger partial charge in [0.05, 0.1) is 5.56 Å². The van der Waals surface area contributed by atoms with Crippen LogP contribution in [0.5, 0.6) is 0 Å². The first-order chi connectivity index (χ1) is 16.3. The average Bonchev–Trinajstić information content (AvgIpc) is 2.85. The Morgan fingerprint density at radius 3 is 2.29 bits per heavy atom. The third-order valence-electron chi connectivity index (χ3n) is 6.34. The summed E-state index contributed by atoms with van der Waals surface area (Å²) in [4.78, 5) is 47.0. The summed E-state index contributed by atoms with van der Waals surface area (Å²) in [5, 5.41) is 3.04. The molecule has 2 aromatic rings. The molecule has 4 rings (SSSR count). The van der Waals surface area contributed by atoms with Crippen LogP contribution in [0, 0.1) is 5.82 Å². The van der Waals surface area contributed by atoms with Crippen LogP contribution in [-0.2, 0) is 4.79 Å². The molecular formula is C24H27ClFN5O3. The van der Waals surface area contributed by atoms with Gasteiger partial charge in [-0.25, -0.2) is 9.37 Å². The monoisotopic (exact) mass is 487 g/mol. The summed E-state index contributed by atoms with van der Waals surface area (Å²) in [5.41, 5.74) is 6.37. The van der Waals surface area contributed by atoms with Crippen LogP contribution in [0.3, 0.4) is 0 Å². The fourth-order valence-electron chi connectivity index (χ4n) is 4.53. The number of carbonyl (C=O) groups is 3. The van der Waals surface area contributed by atoms with E-state index in [0.29, 0.717) is 6.42 Å². The van der Waals surface area contributed by atoms with E-state index in [2.05, 4.69) is 10.3 Å². The lowest BCUT2D eigenvalue weighted by Gasteiger charge is -2.43. The molecule has 0 radical (unpaired) electrons. The van der Waals surface area contributed by atoms with E-state index >= 15 is 0 Å². The van der Waals surface area contributed by atoms with Crippen molar-refractivity contribution in [1.29, 1.82) is 0 Å². The second-order valence-corrected chi connectivity index (χ2v) is 9.05. The van der Waals surface area contributed by atoms with Crippen molar-refractivity contribution in [2.75, 3.05) is 13.1 Å². The van der Waals surface area contributed by atoms with E-state index in [-0.39, 0.29) is 41.5 Å². The van der Waals surface area contributed by atoms with Crippen molar-refractivity contribution in [2.24, 2.45) is 5.73 Å². The summed E-state index contributed by atoms with van der Waals surface area (Å²) in [6.07, 6.45) is 3.81. The van der Waals surface area contributed by atoms with Crippen LogP contribution in [0.1, 0.15) is 52.8 Å². The van der Waals surface area contributed by atoms with Crippen LogP contribution in [0.2, 0.25) is 5.15 Å². The summed E-state index contributed by atoms with van der Waals surface area (Å²) in [6.45, 7) is 0.541. The van der Waals surface area contributed by atoms with E-state index in [1.165, 1.54) is 46.3 Å². The standard InChI is InChI=1S/C24H27ClFN5O3/c25-20-19(3-1-12-28-20)24(34)31-14-2-13-30(23(33)15-4-6-16(26)7-5-15)22(31)21(32)29-18-10-8-17(27)9-11-18/h1,3-7,12,17-18,22H,2,8-11,13-14,27H2,(H,29,32). The van der Waals surface area contributed by atoms with E-state index in [0.717, 1.165) is 25.7 Å². The lowest BCUT2D eigenvalue weighted by molar-refractivity contribution is -0.133.